The van der Waals surface area contributed by atoms with Crippen molar-refractivity contribution in [2.75, 3.05) is 6.61 Å². The quantitative estimate of drug-likeness (QED) is 0.927. The molecule has 0 radical (unpaired) electrons. The zero-order chi connectivity index (χ0) is 14.7. The van der Waals surface area contributed by atoms with Gasteiger partial charge in [0.15, 0.2) is 5.76 Å². The lowest BCUT2D eigenvalue weighted by atomic mass is 10.2. The van der Waals surface area contributed by atoms with Crippen molar-refractivity contribution < 1.29 is 18.4 Å². The number of halogens is 1. The molecule has 2 aromatic rings. The van der Waals surface area contributed by atoms with E-state index in [0.717, 1.165) is 19.0 Å². The molecule has 1 N–H and O–H groups in total. The number of hydrogen-bond donors (Lipinski definition) is 1. The first kappa shape index (κ1) is 13.7. The van der Waals surface area contributed by atoms with Crippen LogP contribution < -0.4 is 5.32 Å². The minimum absolute atomic E-state index is 0.142. The van der Waals surface area contributed by atoms with Gasteiger partial charge in [-0.2, -0.15) is 0 Å². The van der Waals surface area contributed by atoms with Gasteiger partial charge in [0, 0.05) is 12.7 Å². The molecule has 3 rings (SSSR count). The molecule has 0 aliphatic carbocycles. The SMILES string of the molecule is O=C(NCc1cc(-c2ccc(F)cn2)on1)C1CCCO1. The second kappa shape index (κ2) is 6.01. The smallest absolute Gasteiger partial charge is 0.249 e. The van der Waals surface area contributed by atoms with Gasteiger partial charge in [0.1, 0.15) is 23.3 Å². The maximum Gasteiger partial charge on any atom is 0.249 e. The highest BCUT2D eigenvalue weighted by Crippen LogP contribution is 2.18. The molecular weight excluding hydrogens is 277 g/mol. The molecular formula is C14H14FN3O3. The van der Waals surface area contributed by atoms with Crippen molar-refractivity contribution >= 4 is 5.91 Å². The Bertz CT molecular complexity index is 621. The lowest BCUT2D eigenvalue weighted by Crippen LogP contribution is -2.33. The fraction of sp³-hybridized carbons (Fsp3) is 0.357. The summed E-state index contributed by atoms with van der Waals surface area (Å²) in [5, 5.41) is 6.60. The zero-order valence-electron chi connectivity index (χ0n) is 11.2. The number of carbonyl (C=O) groups excluding carboxylic acids is 1. The average molecular weight is 291 g/mol. The summed E-state index contributed by atoms with van der Waals surface area (Å²) in [5.41, 5.74) is 1.06. The predicted octanol–water partition coefficient (Wildman–Crippen LogP) is 1.67. The first-order valence-electron chi connectivity index (χ1n) is 6.69. The Morgan fingerprint density at radius 3 is 3.10 bits per heavy atom. The second-order valence-electron chi connectivity index (χ2n) is 4.76. The van der Waals surface area contributed by atoms with Crippen molar-refractivity contribution in [2.24, 2.45) is 0 Å². The lowest BCUT2D eigenvalue weighted by molar-refractivity contribution is -0.130. The molecule has 6 nitrogen and oxygen atoms in total. The predicted molar refractivity (Wildman–Crippen MR) is 70.5 cm³/mol. The number of carbonyl (C=O) groups is 1. The van der Waals surface area contributed by atoms with Gasteiger partial charge in [0.25, 0.3) is 0 Å². The van der Waals surface area contributed by atoms with E-state index in [2.05, 4.69) is 15.5 Å². The van der Waals surface area contributed by atoms with Gasteiger partial charge >= 0.3 is 0 Å². The molecule has 1 atom stereocenters. The Balaban J connectivity index is 1.60. The van der Waals surface area contributed by atoms with E-state index in [0.29, 0.717) is 23.8 Å². The normalized spacial score (nSPS) is 17.9. The van der Waals surface area contributed by atoms with E-state index in [4.69, 9.17) is 9.26 Å². The highest BCUT2D eigenvalue weighted by atomic mass is 19.1. The van der Waals surface area contributed by atoms with Gasteiger partial charge in [-0.05, 0) is 25.0 Å². The molecule has 21 heavy (non-hydrogen) atoms. The highest BCUT2D eigenvalue weighted by Gasteiger charge is 2.23. The highest BCUT2D eigenvalue weighted by molar-refractivity contribution is 5.80. The van der Waals surface area contributed by atoms with Gasteiger partial charge < -0.3 is 14.6 Å². The molecule has 110 valence electrons. The topological polar surface area (TPSA) is 77.3 Å². The maximum absolute atomic E-state index is 12.8. The minimum Gasteiger partial charge on any atom is -0.368 e. The van der Waals surface area contributed by atoms with Crippen molar-refractivity contribution in [2.45, 2.75) is 25.5 Å². The summed E-state index contributed by atoms with van der Waals surface area (Å²) >= 11 is 0. The van der Waals surface area contributed by atoms with Crippen molar-refractivity contribution in [1.82, 2.24) is 15.5 Å². The van der Waals surface area contributed by atoms with E-state index in [1.165, 1.54) is 12.1 Å². The molecule has 0 saturated carbocycles. The summed E-state index contributed by atoms with van der Waals surface area (Å²) in [6, 6.07) is 4.46. The van der Waals surface area contributed by atoms with Crippen LogP contribution in [0.1, 0.15) is 18.5 Å². The molecule has 7 heteroatoms. The number of rotatable bonds is 4. The van der Waals surface area contributed by atoms with E-state index < -0.39 is 5.82 Å². The van der Waals surface area contributed by atoms with Gasteiger partial charge in [-0.25, -0.2) is 9.37 Å². The largest absolute Gasteiger partial charge is 0.368 e. The standard InChI is InChI=1S/C14H14FN3O3/c15-9-3-4-11(16-7-9)13-6-10(18-21-13)8-17-14(19)12-2-1-5-20-12/h3-4,6-7,12H,1-2,5,8H2,(H,17,19). The molecule has 1 aliphatic heterocycles. The van der Waals surface area contributed by atoms with E-state index in [1.54, 1.807) is 6.07 Å². The van der Waals surface area contributed by atoms with Crippen LogP contribution in [-0.2, 0) is 16.1 Å². The van der Waals surface area contributed by atoms with Gasteiger partial charge in [0.2, 0.25) is 5.91 Å². The van der Waals surface area contributed by atoms with E-state index in [9.17, 15) is 9.18 Å². The molecule has 1 amide bonds. The number of pyridine rings is 1. The van der Waals surface area contributed by atoms with Crippen molar-refractivity contribution in [3.05, 3.63) is 35.9 Å². The van der Waals surface area contributed by atoms with Crippen LogP contribution in [0.25, 0.3) is 11.5 Å². The molecule has 1 unspecified atom stereocenters. The number of hydrogen-bond acceptors (Lipinski definition) is 5. The van der Waals surface area contributed by atoms with Crippen LogP contribution >= 0.6 is 0 Å². The average Bonchev–Trinajstić information content (AvgIpc) is 3.17. The monoisotopic (exact) mass is 291 g/mol. The van der Waals surface area contributed by atoms with Crippen molar-refractivity contribution in [1.29, 1.82) is 0 Å². The van der Waals surface area contributed by atoms with Crippen molar-refractivity contribution in [3.8, 4) is 11.5 Å². The minimum atomic E-state index is -0.415. The Kier molecular flexibility index (Phi) is 3.92. The molecule has 2 aromatic heterocycles. The molecule has 3 heterocycles. The first-order chi connectivity index (χ1) is 10.2. The third kappa shape index (κ3) is 3.25. The Morgan fingerprint density at radius 1 is 1.48 bits per heavy atom. The summed E-state index contributed by atoms with van der Waals surface area (Å²) in [7, 11) is 0. The Morgan fingerprint density at radius 2 is 2.38 bits per heavy atom. The van der Waals surface area contributed by atoms with E-state index in [1.807, 2.05) is 0 Å². The number of nitrogens with zero attached hydrogens (tertiary/aromatic N) is 2. The van der Waals surface area contributed by atoms with Gasteiger partial charge in [0.05, 0.1) is 12.7 Å². The summed E-state index contributed by atoms with van der Waals surface area (Å²) in [6.45, 7) is 0.881. The van der Waals surface area contributed by atoms with E-state index >= 15 is 0 Å². The summed E-state index contributed by atoms with van der Waals surface area (Å²) < 4.78 is 23.2. The Labute approximate surface area is 120 Å². The van der Waals surface area contributed by atoms with Crippen LogP contribution in [-0.4, -0.2) is 28.8 Å². The number of amides is 1. The summed E-state index contributed by atoms with van der Waals surface area (Å²) in [4.78, 5) is 15.7. The van der Waals surface area contributed by atoms with Crippen LogP contribution in [0.2, 0.25) is 0 Å². The summed E-state index contributed by atoms with van der Waals surface area (Å²) in [6.07, 6.45) is 2.39. The van der Waals surface area contributed by atoms with Gasteiger partial charge in [-0.1, -0.05) is 5.16 Å². The van der Waals surface area contributed by atoms with Crippen LogP contribution in [0, 0.1) is 5.82 Å². The van der Waals surface area contributed by atoms with Crippen LogP contribution in [0.3, 0.4) is 0 Å². The maximum atomic E-state index is 12.8. The second-order valence-corrected chi connectivity index (χ2v) is 4.76. The molecule has 1 aliphatic rings. The van der Waals surface area contributed by atoms with Crippen LogP contribution in [0.15, 0.2) is 28.9 Å². The third-order valence-electron chi connectivity index (χ3n) is 3.20. The molecule has 1 saturated heterocycles. The first-order valence-corrected chi connectivity index (χ1v) is 6.69. The van der Waals surface area contributed by atoms with Crippen molar-refractivity contribution in [3.63, 3.8) is 0 Å². The van der Waals surface area contributed by atoms with Gasteiger partial charge in [-0.3, -0.25) is 4.79 Å². The lowest BCUT2D eigenvalue weighted by Gasteiger charge is -2.08. The molecule has 0 spiro atoms. The van der Waals surface area contributed by atoms with Gasteiger partial charge in [-0.15, -0.1) is 0 Å². The fourth-order valence-corrected chi connectivity index (χ4v) is 2.11. The summed E-state index contributed by atoms with van der Waals surface area (Å²) in [5.74, 6) is -0.129. The molecule has 0 aromatic carbocycles. The van der Waals surface area contributed by atoms with E-state index in [-0.39, 0.29) is 18.6 Å². The molecule has 1 fully saturated rings. The number of ether oxygens (including phenoxy) is 1. The number of aromatic nitrogens is 2. The third-order valence-corrected chi connectivity index (χ3v) is 3.20. The van der Waals surface area contributed by atoms with Crippen LogP contribution in [0.4, 0.5) is 4.39 Å². The van der Waals surface area contributed by atoms with Crippen LogP contribution in [0.5, 0.6) is 0 Å². The Hall–Kier alpha value is -2.28. The zero-order valence-corrected chi connectivity index (χ0v) is 11.2. The molecule has 0 bridgehead atoms. The number of nitrogens with one attached hydrogen (secondary N) is 1. The fourth-order valence-electron chi connectivity index (χ4n) is 2.11.